The number of hydrogen-bond acceptors (Lipinski definition) is 3. The molecule has 2 N–H and O–H groups in total. The summed E-state index contributed by atoms with van der Waals surface area (Å²) in [5.74, 6) is 5.54. The Morgan fingerprint density at radius 1 is 1.00 bits per heavy atom. The molecule has 4 fully saturated rings. The Kier molecular flexibility index (Phi) is 2.35. The van der Waals surface area contributed by atoms with Gasteiger partial charge < -0.3 is 5.73 Å². The zero-order valence-electron chi connectivity index (χ0n) is 12.0. The number of nitrogens with two attached hydrogens (primary N) is 1. The van der Waals surface area contributed by atoms with E-state index in [0.717, 1.165) is 48.0 Å². The summed E-state index contributed by atoms with van der Waals surface area (Å²) in [6.07, 6.45) is 11.4. The van der Waals surface area contributed by atoms with Gasteiger partial charge in [0.15, 0.2) is 0 Å². The topological polar surface area (TPSA) is 51.8 Å². The minimum Gasteiger partial charge on any atom is -0.323 e. The van der Waals surface area contributed by atoms with Crippen molar-refractivity contribution in [1.29, 1.82) is 0 Å². The van der Waals surface area contributed by atoms with E-state index in [0.29, 0.717) is 5.92 Å². The van der Waals surface area contributed by atoms with Crippen molar-refractivity contribution in [3.63, 3.8) is 0 Å². The van der Waals surface area contributed by atoms with Gasteiger partial charge in [-0.05, 0) is 74.2 Å². The lowest BCUT2D eigenvalue weighted by molar-refractivity contribution is -0.00573. The molecule has 1 heterocycles. The Morgan fingerprint density at radius 3 is 2.40 bits per heavy atom. The Hall–Kier alpha value is -0.960. The van der Waals surface area contributed by atoms with Crippen LogP contribution in [0.3, 0.4) is 0 Å². The van der Waals surface area contributed by atoms with Gasteiger partial charge in [0.25, 0.3) is 0 Å². The lowest BCUT2D eigenvalue weighted by atomic mass is 9.51. The normalized spacial score (nSPS) is 44.9. The Balaban J connectivity index is 1.53. The highest BCUT2D eigenvalue weighted by molar-refractivity contribution is 5.27. The van der Waals surface area contributed by atoms with Gasteiger partial charge in [0.2, 0.25) is 0 Å². The van der Waals surface area contributed by atoms with Crippen molar-refractivity contribution in [1.82, 2.24) is 9.97 Å². The quantitative estimate of drug-likeness (QED) is 0.852. The van der Waals surface area contributed by atoms with Crippen LogP contribution < -0.4 is 5.73 Å². The molecule has 1 aromatic heterocycles. The molecule has 20 heavy (non-hydrogen) atoms. The van der Waals surface area contributed by atoms with Crippen LogP contribution in [-0.4, -0.2) is 9.97 Å². The lowest BCUT2D eigenvalue weighted by Gasteiger charge is -2.53. The fourth-order valence-electron chi connectivity index (χ4n) is 5.90. The van der Waals surface area contributed by atoms with Crippen molar-refractivity contribution < 1.29 is 0 Å². The standard InChI is InChI=1S/C17H23N3/c18-14-2-1-11-8-19-17(20-16(11)14)15-12-4-9-3-10(6-12)7-13(15)5-9/h8-10,12-15H,1-7,18H2. The van der Waals surface area contributed by atoms with Crippen LogP contribution in [0, 0.1) is 23.7 Å². The average Bonchev–Trinajstić information content (AvgIpc) is 2.79. The van der Waals surface area contributed by atoms with Crippen LogP contribution in [0.4, 0.5) is 0 Å². The van der Waals surface area contributed by atoms with E-state index in [1.54, 1.807) is 0 Å². The molecule has 1 unspecified atom stereocenters. The molecule has 106 valence electrons. The first-order chi connectivity index (χ1) is 9.78. The van der Waals surface area contributed by atoms with Crippen LogP contribution in [0.2, 0.25) is 0 Å². The third kappa shape index (κ3) is 1.56. The van der Waals surface area contributed by atoms with Gasteiger partial charge in [-0.15, -0.1) is 0 Å². The molecule has 0 amide bonds. The average molecular weight is 269 g/mol. The molecule has 6 rings (SSSR count). The Bertz CT molecular complexity index is 525. The molecule has 3 nitrogen and oxygen atoms in total. The highest BCUT2D eigenvalue weighted by atomic mass is 14.9. The van der Waals surface area contributed by atoms with E-state index in [2.05, 4.69) is 6.20 Å². The summed E-state index contributed by atoms with van der Waals surface area (Å²) >= 11 is 0. The molecular formula is C17H23N3. The van der Waals surface area contributed by atoms with E-state index in [-0.39, 0.29) is 6.04 Å². The molecule has 3 heteroatoms. The number of nitrogens with zero attached hydrogens (tertiary/aromatic N) is 2. The first-order valence-corrected chi connectivity index (χ1v) is 8.39. The summed E-state index contributed by atoms with van der Waals surface area (Å²) in [7, 11) is 0. The maximum atomic E-state index is 6.20. The number of rotatable bonds is 1. The van der Waals surface area contributed by atoms with Crippen molar-refractivity contribution in [3.8, 4) is 0 Å². The maximum absolute atomic E-state index is 6.20. The lowest BCUT2D eigenvalue weighted by Crippen LogP contribution is -2.44. The highest BCUT2D eigenvalue weighted by Gasteiger charge is 2.49. The van der Waals surface area contributed by atoms with Crippen LogP contribution in [0.25, 0.3) is 0 Å². The molecule has 0 radical (unpaired) electrons. The van der Waals surface area contributed by atoms with Gasteiger partial charge in [-0.3, -0.25) is 0 Å². The van der Waals surface area contributed by atoms with Crippen LogP contribution in [0.1, 0.15) is 67.6 Å². The summed E-state index contributed by atoms with van der Waals surface area (Å²) in [4.78, 5) is 9.71. The monoisotopic (exact) mass is 269 g/mol. The molecule has 5 aliphatic carbocycles. The summed E-state index contributed by atoms with van der Waals surface area (Å²) in [6, 6.07) is 0.156. The van der Waals surface area contributed by atoms with E-state index in [1.165, 1.54) is 37.7 Å². The second-order valence-corrected chi connectivity index (χ2v) is 7.74. The van der Waals surface area contributed by atoms with Crippen molar-refractivity contribution in [2.45, 2.75) is 56.9 Å². The zero-order chi connectivity index (χ0) is 13.3. The number of aromatic nitrogens is 2. The molecular weight excluding hydrogens is 246 g/mol. The van der Waals surface area contributed by atoms with Gasteiger partial charge in [0.05, 0.1) is 5.69 Å². The molecule has 0 aromatic carbocycles. The summed E-state index contributed by atoms with van der Waals surface area (Å²) in [6.45, 7) is 0. The molecule has 0 spiro atoms. The van der Waals surface area contributed by atoms with E-state index < -0.39 is 0 Å². The zero-order valence-corrected chi connectivity index (χ0v) is 12.0. The minimum absolute atomic E-state index is 0.156. The summed E-state index contributed by atoms with van der Waals surface area (Å²) in [5, 5.41) is 0. The van der Waals surface area contributed by atoms with Gasteiger partial charge in [-0.25, -0.2) is 9.97 Å². The van der Waals surface area contributed by atoms with Crippen LogP contribution in [0.5, 0.6) is 0 Å². The van der Waals surface area contributed by atoms with E-state index in [9.17, 15) is 0 Å². The van der Waals surface area contributed by atoms with Crippen molar-refractivity contribution in [2.75, 3.05) is 0 Å². The van der Waals surface area contributed by atoms with Gasteiger partial charge in [-0.2, -0.15) is 0 Å². The van der Waals surface area contributed by atoms with Crippen LogP contribution >= 0.6 is 0 Å². The third-order valence-electron chi connectivity index (χ3n) is 6.52. The largest absolute Gasteiger partial charge is 0.323 e. The number of hydrogen-bond donors (Lipinski definition) is 1. The van der Waals surface area contributed by atoms with Gasteiger partial charge in [0, 0.05) is 18.2 Å². The van der Waals surface area contributed by atoms with Gasteiger partial charge in [0.1, 0.15) is 5.82 Å². The first kappa shape index (κ1) is 11.7. The minimum atomic E-state index is 0.156. The third-order valence-corrected chi connectivity index (χ3v) is 6.52. The highest BCUT2D eigenvalue weighted by Crippen LogP contribution is 2.59. The first-order valence-electron chi connectivity index (χ1n) is 8.39. The van der Waals surface area contributed by atoms with Gasteiger partial charge in [-0.1, -0.05) is 0 Å². The Morgan fingerprint density at radius 2 is 1.70 bits per heavy atom. The molecule has 0 aliphatic heterocycles. The van der Waals surface area contributed by atoms with Crippen molar-refractivity contribution in [2.24, 2.45) is 29.4 Å². The van der Waals surface area contributed by atoms with Crippen LogP contribution in [-0.2, 0) is 6.42 Å². The second-order valence-electron chi connectivity index (χ2n) is 7.74. The fourth-order valence-corrected chi connectivity index (χ4v) is 5.90. The summed E-state index contributed by atoms with van der Waals surface area (Å²) < 4.78 is 0. The Labute approximate surface area is 120 Å². The maximum Gasteiger partial charge on any atom is 0.132 e. The van der Waals surface area contributed by atoms with Gasteiger partial charge >= 0.3 is 0 Å². The molecule has 0 saturated heterocycles. The van der Waals surface area contributed by atoms with E-state index in [1.807, 2.05) is 0 Å². The molecule has 4 bridgehead atoms. The molecule has 4 saturated carbocycles. The van der Waals surface area contributed by atoms with Crippen molar-refractivity contribution in [3.05, 3.63) is 23.3 Å². The van der Waals surface area contributed by atoms with E-state index >= 15 is 0 Å². The van der Waals surface area contributed by atoms with Crippen LogP contribution in [0.15, 0.2) is 6.20 Å². The number of aryl methyl sites for hydroxylation is 1. The molecule has 1 atom stereocenters. The molecule has 1 aromatic rings. The van der Waals surface area contributed by atoms with E-state index in [4.69, 9.17) is 15.7 Å². The molecule has 5 aliphatic rings. The predicted octanol–water partition coefficient (Wildman–Crippen LogP) is 2.96. The smallest absolute Gasteiger partial charge is 0.132 e. The predicted molar refractivity (Wildman–Crippen MR) is 77.1 cm³/mol. The summed E-state index contributed by atoms with van der Waals surface area (Å²) in [5.41, 5.74) is 8.65. The fraction of sp³-hybridized carbons (Fsp3) is 0.765. The SMILES string of the molecule is NC1CCc2cnc(C3C4CC5CC(C4)CC3C5)nc21. The number of fused-ring (bicyclic) bond motifs is 1. The van der Waals surface area contributed by atoms with Crippen molar-refractivity contribution >= 4 is 0 Å². The second kappa shape index (κ2) is 4.03.